The molecule has 0 radical (unpaired) electrons. The molecule has 1 aromatic heterocycles. The summed E-state index contributed by atoms with van der Waals surface area (Å²) in [4.78, 5) is 17.8. The lowest BCUT2D eigenvalue weighted by Crippen LogP contribution is -2.29. The van der Waals surface area contributed by atoms with Crippen LogP contribution in [0.4, 0.5) is 4.39 Å². The van der Waals surface area contributed by atoms with Crippen LogP contribution in [-0.4, -0.2) is 34.6 Å². The van der Waals surface area contributed by atoms with E-state index < -0.39 is 0 Å². The summed E-state index contributed by atoms with van der Waals surface area (Å²) in [6.07, 6.45) is 1.96. The van der Waals surface area contributed by atoms with E-state index in [0.717, 1.165) is 19.4 Å². The molecule has 3 aromatic rings. The maximum atomic E-state index is 13.1. The number of aromatic nitrogens is 2. The molecule has 0 amide bonds. The monoisotopic (exact) mass is 434 g/mol. The van der Waals surface area contributed by atoms with Crippen LogP contribution >= 0.6 is 23.4 Å². The Balaban J connectivity index is 1.53. The predicted octanol–water partition coefficient (Wildman–Crippen LogP) is 4.54. The first-order valence-electron chi connectivity index (χ1n) is 9.43. The lowest BCUT2D eigenvalue weighted by molar-refractivity contribution is 0.0937. The SMILES string of the molecule is O=c1c2ccc(Cl)cc2nc(SCCOc2ccc(F)cc2)n1C[C@@H]1CCCO1. The smallest absolute Gasteiger partial charge is 0.262 e. The number of fused-ring (bicyclic) bond motifs is 1. The minimum atomic E-state index is -0.302. The topological polar surface area (TPSA) is 53.3 Å². The van der Waals surface area contributed by atoms with Crippen LogP contribution in [0.15, 0.2) is 52.4 Å². The molecule has 0 saturated carbocycles. The van der Waals surface area contributed by atoms with Gasteiger partial charge in [0.05, 0.1) is 30.2 Å². The van der Waals surface area contributed by atoms with E-state index in [4.69, 9.17) is 21.1 Å². The molecule has 152 valence electrons. The Morgan fingerprint density at radius 2 is 2.10 bits per heavy atom. The Hall–Kier alpha value is -2.09. The lowest BCUT2D eigenvalue weighted by atomic mass is 10.2. The molecule has 2 heterocycles. The first-order valence-corrected chi connectivity index (χ1v) is 10.8. The maximum Gasteiger partial charge on any atom is 0.262 e. The zero-order chi connectivity index (χ0) is 20.2. The van der Waals surface area contributed by atoms with Crippen LogP contribution in [0.2, 0.25) is 5.02 Å². The van der Waals surface area contributed by atoms with Crippen LogP contribution in [0.5, 0.6) is 5.75 Å². The fraction of sp³-hybridized carbons (Fsp3) is 0.333. The number of ether oxygens (including phenoxy) is 2. The van der Waals surface area contributed by atoms with Crippen molar-refractivity contribution in [1.29, 1.82) is 0 Å². The molecule has 1 saturated heterocycles. The predicted molar refractivity (Wildman–Crippen MR) is 113 cm³/mol. The van der Waals surface area contributed by atoms with Crippen molar-refractivity contribution in [1.82, 2.24) is 9.55 Å². The van der Waals surface area contributed by atoms with Crippen molar-refractivity contribution < 1.29 is 13.9 Å². The van der Waals surface area contributed by atoms with E-state index in [9.17, 15) is 9.18 Å². The number of halogens is 2. The van der Waals surface area contributed by atoms with E-state index >= 15 is 0 Å². The second-order valence-electron chi connectivity index (χ2n) is 6.76. The first kappa shape index (κ1) is 20.2. The van der Waals surface area contributed by atoms with Gasteiger partial charge in [-0.05, 0) is 55.3 Å². The summed E-state index contributed by atoms with van der Waals surface area (Å²) in [6, 6.07) is 11.0. The van der Waals surface area contributed by atoms with E-state index in [1.165, 1.54) is 23.9 Å². The van der Waals surface area contributed by atoms with Crippen molar-refractivity contribution in [3.63, 3.8) is 0 Å². The molecule has 29 heavy (non-hydrogen) atoms. The summed E-state index contributed by atoms with van der Waals surface area (Å²) < 4.78 is 26.0. The Morgan fingerprint density at radius 3 is 2.86 bits per heavy atom. The van der Waals surface area contributed by atoms with E-state index in [2.05, 4.69) is 4.98 Å². The third-order valence-corrected chi connectivity index (χ3v) is 5.87. The van der Waals surface area contributed by atoms with E-state index in [1.807, 2.05) is 0 Å². The van der Waals surface area contributed by atoms with Crippen molar-refractivity contribution in [2.75, 3.05) is 19.0 Å². The maximum absolute atomic E-state index is 13.1. The van der Waals surface area contributed by atoms with Gasteiger partial charge in [-0.25, -0.2) is 9.37 Å². The quantitative estimate of drug-likeness (QED) is 0.310. The Bertz CT molecular complexity index is 1050. The Kier molecular flexibility index (Phi) is 6.37. The highest BCUT2D eigenvalue weighted by Gasteiger charge is 2.20. The van der Waals surface area contributed by atoms with E-state index in [1.54, 1.807) is 34.9 Å². The standard InChI is InChI=1S/C21H20ClFN2O3S/c22-14-3-8-18-19(12-14)24-21(25(20(18)26)13-17-2-1-9-27-17)29-11-10-28-16-6-4-15(23)5-7-16/h3-8,12,17H,1-2,9-11,13H2/t17-/m0/s1. The Labute approximate surface area is 176 Å². The lowest BCUT2D eigenvalue weighted by Gasteiger charge is -2.16. The van der Waals surface area contributed by atoms with Crippen molar-refractivity contribution in [3.05, 3.63) is 63.7 Å². The molecule has 8 heteroatoms. The highest BCUT2D eigenvalue weighted by molar-refractivity contribution is 7.99. The van der Waals surface area contributed by atoms with Crippen LogP contribution in [-0.2, 0) is 11.3 Å². The van der Waals surface area contributed by atoms with Crippen LogP contribution < -0.4 is 10.3 Å². The molecule has 1 fully saturated rings. The third-order valence-electron chi connectivity index (χ3n) is 4.69. The minimum absolute atomic E-state index is 0.0223. The van der Waals surface area contributed by atoms with Crippen molar-refractivity contribution in [2.24, 2.45) is 0 Å². The molecule has 0 bridgehead atoms. The third kappa shape index (κ3) is 4.91. The van der Waals surface area contributed by atoms with Gasteiger partial charge in [0.25, 0.3) is 5.56 Å². The van der Waals surface area contributed by atoms with Gasteiger partial charge in [0.15, 0.2) is 5.16 Å². The summed E-state index contributed by atoms with van der Waals surface area (Å²) in [5.74, 6) is 0.882. The molecule has 2 aromatic carbocycles. The summed E-state index contributed by atoms with van der Waals surface area (Å²) in [6.45, 7) is 1.61. The zero-order valence-electron chi connectivity index (χ0n) is 15.6. The van der Waals surface area contributed by atoms with Crippen molar-refractivity contribution in [3.8, 4) is 5.75 Å². The Morgan fingerprint density at radius 1 is 1.28 bits per heavy atom. The van der Waals surface area contributed by atoms with Gasteiger partial charge in [-0.2, -0.15) is 0 Å². The molecule has 1 aliphatic heterocycles. The summed E-state index contributed by atoms with van der Waals surface area (Å²) >= 11 is 7.53. The molecule has 0 N–H and O–H groups in total. The molecule has 0 spiro atoms. The zero-order valence-corrected chi connectivity index (χ0v) is 17.2. The average Bonchev–Trinajstić information content (AvgIpc) is 3.22. The van der Waals surface area contributed by atoms with Crippen LogP contribution in [0, 0.1) is 5.82 Å². The normalized spacial score (nSPS) is 16.4. The van der Waals surface area contributed by atoms with Gasteiger partial charge in [0, 0.05) is 17.4 Å². The second kappa shape index (κ2) is 9.15. The van der Waals surface area contributed by atoms with E-state index in [-0.39, 0.29) is 17.5 Å². The van der Waals surface area contributed by atoms with Crippen LogP contribution in [0.1, 0.15) is 12.8 Å². The highest BCUT2D eigenvalue weighted by atomic mass is 35.5. The van der Waals surface area contributed by atoms with Crippen molar-refractivity contribution in [2.45, 2.75) is 30.6 Å². The van der Waals surface area contributed by atoms with E-state index in [0.29, 0.717) is 45.7 Å². The molecular weight excluding hydrogens is 415 g/mol. The first-order chi connectivity index (χ1) is 14.1. The van der Waals surface area contributed by atoms with Gasteiger partial charge in [-0.1, -0.05) is 23.4 Å². The number of hydrogen-bond donors (Lipinski definition) is 0. The largest absolute Gasteiger partial charge is 0.493 e. The average molecular weight is 435 g/mol. The van der Waals surface area contributed by atoms with Gasteiger partial charge < -0.3 is 9.47 Å². The molecule has 1 atom stereocenters. The summed E-state index contributed by atoms with van der Waals surface area (Å²) in [5, 5.41) is 1.69. The fourth-order valence-electron chi connectivity index (χ4n) is 3.26. The van der Waals surface area contributed by atoms with Crippen molar-refractivity contribution >= 4 is 34.3 Å². The van der Waals surface area contributed by atoms with Crippen LogP contribution in [0.25, 0.3) is 10.9 Å². The van der Waals surface area contributed by atoms with Crippen LogP contribution in [0.3, 0.4) is 0 Å². The summed E-state index contributed by atoms with van der Waals surface area (Å²) in [7, 11) is 0. The fourth-order valence-corrected chi connectivity index (χ4v) is 4.25. The molecule has 5 nitrogen and oxygen atoms in total. The molecular formula is C21H20ClFN2O3S. The number of thioether (sulfide) groups is 1. The second-order valence-corrected chi connectivity index (χ2v) is 8.26. The van der Waals surface area contributed by atoms with Gasteiger partial charge in [0.2, 0.25) is 0 Å². The van der Waals surface area contributed by atoms with Gasteiger partial charge >= 0.3 is 0 Å². The number of nitrogens with zero attached hydrogens (tertiary/aromatic N) is 2. The van der Waals surface area contributed by atoms with Gasteiger partial charge in [-0.15, -0.1) is 0 Å². The number of hydrogen-bond acceptors (Lipinski definition) is 5. The molecule has 4 rings (SSSR count). The van der Waals surface area contributed by atoms with Gasteiger partial charge in [-0.3, -0.25) is 9.36 Å². The number of rotatable bonds is 7. The molecule has 0 aliphatic carbocycles. The molecule has 1 aliphatic rings. The molecule has 0 unspecified atom stereocenters. The highest BCUT2D eigenvalue weighted by Crippen LogP contribution is 2.23. The summed E-state index contributed by atoms with van der Waals surface area (Å²) in [5.41, 5.74) is 0.483. The van der Waals surface area contributed by atoms with Gasteiger partial charge in [0.1, 0.15) is 11.6 Å². The minimum Gasteiger partial charge on any atom is -0.493 e. The number of benzene rings is 2.